The van der Waals surface area contributed by atoms with E-state index in [0.29, 0.717) is 26.2 Å². The van der Waals surface area contributed by atoms with Crippen LogP contribution in [0.4, 0.5) is 0 Å². The summed E-state index contributed by atoms with van der Waals surface area (Å²) in [6, 6.07) is 0. The van der Waals surface area contributed by atoms with E-state index in [0.717, 1.165) is 44.1 Å². The highest BCUT2D eigenvalue weighted by Gasteiger charge is 2.39. The standard InChI is InChI=1S/C14H25N3O3/c1-3-5-14(6-7-15-11-14)13-16-12(17-20-13)4-8-19-10-9-18-2/h15H,3-11H2,1-2H3. The molecule has 1 aromatic rings. The van der Waals surface area contributed by atoms with Crippen molar-refractivity contribution in [2.45, 2.75) is 38.0 Å². The van der Waals surface area contributed by atoms with E-state index in [4.69, 9.17) is 14.0 Å². The Bertz CT molecular complexity index is 389. The molecule has 0 amide bonds. The number of methoxy groups -OCH3 is 1. The molecule has 6 nitrogen and oxygen atoms in total. The van der Waals surface area contributed by atoms with Crippen LogP contribution in [0.25, 0.3) is 0 Å². The molecule has 20 heavy (non-hydrogen) atoms. The molecule has 1 atom stereocenters. The largest absolute Gasteiger partial charge is 0.382 e. The van der Waals surface area contributed by atoms with Gasteiger partial charge < -0.3 is 19.3 Å². The lowest BCUT2D eigenvalue weighted by Crippen LogP contribution is -2.29. The van der Waals surface area contributed by atoms with Gasteiger partial charge in [0.2, 0.25) is 5.89 Å². The Labute approximate surface area is 120 Å². The van der Waals surface area contributed by atoms with Crippen molar-refractivity contribution in [3.63, 3.8) is 0 Å². The molecule has 0 aliphatic carbocycles. The van der Waals surface area contributed by atoms with Gasteiger partial charge in [-0.15, -0.1) is 0 Å². The smallest absolute Gasteiger partial charge is 0.234 e. The van der Waals surface area contributed by atoms with Crippen LogP contribution in [0.15, 0.2) is 4.52 Å². The molecule has 1 aromatic heterocycles. The Balaban J connectivity index is 1.87. The lowest BCUT2D eigenvalue weighted by atomic mass is 9.82. The zero-order valence-corrected chi connectivity index (χ0v) is 12.5. The van der Waals surface area contributed by atoms with Gasteiger partial charge in [0.1, 0.15) is 0 Å². The van der Waals surface area contributed by atoms with Crippen LogP contribution in [-0.4, -0.2) is 50.2 Å². The molecular weight excluding hydrogens is 258 g/mol. The Morgan fingerprint density at radius 1 is 1.35 bits per heavy atom. The fourth-order valence-corrected chi connectivity index (χ4v) is 2.70. The molecule has 1 aliphatic heterocycles. The normalized spacial score (nSPS) is 22.5. The van der Waals surface area contributed by atoms with Crippen LogP contribution in [0.2, 0.25) is 0 Å². The molecule has 1 aliphatic rings. The first-order chi connectivity index (χ1) is 9.80. The lowest BCUT2D eigenvalue weighted by Gasteiger charge is -2.22. The molecule has 1 unspecified atom stereocenters. The zero-order chi connectivity index (χ0) is 14.3. The number of nitrogens with one attached hydrogen (secondary N) is 1. The third kappa shape index (κ3) is 3.77. The van der Waals surface area contributed by atoms with Gasteiger partial charge in [-0.1, -0.05) is 18.5 Å². The van der Waals surface area contributed by atoms with E-state index in [1.165, 1.54) is 0 Å². The van der Waals surface area contributed by atoms with Crippen molar-refractivity contribution in [2.75, 3.05) is 40.0 Å². The lowest BCUT2D eigenvalue weighted by molar-refractivity contribution is 0.0714. The predicted octanol–water partition coefficient (Wildman–Crippen LogP) is 1.31. The molecule has 2 heterocycles. The molecule has 0 radical (unpaired) electrons. The highest BCUT2D eigenvalue weighted by atomic mass is 16.5. The maximum Gasteiger partial charge on any atom is 0.234 e. The minimum Gasteiger partial charge on any atom is -0.382 e. The van der Waals surface area contributed by atoms with Crippen LogP contribution in [0.5, 0.6) is 0 Å². The number of rotatable bonds is 9. The molecule has 2 rings (SSSR count). The predicted molar refractivity (Wildman–Crippen MR) is 74.8 cm³/mol. The molecule has 1 fully saturated rings. The Morgan fingerprint density at radius 3 is 2.95 bits per heavy atom. The second kappa shape index (κ2) is 7.71. The second-order valence-electron chi connectivity index (χ2n) is 5.33. The van der Waals surface area contributed by atoms with Gasteiger partial charge in [-0.3, -0.25) is 0 Å². The number of nitrogens with zero attached hydrogens (tertiary/aromatic N) is 2. The van der Waals surface area contributed by atoms with E-state index in [2.05, 4.69) is 22.4 Å². The maximum atomic E-state index is 5.50. The molecule has 0 bridgehead atoms. The maximum absolute atomic E-state index is 5.50. The van der Waals surface area contributed by atoms with Crippen molar-refractivity contribution in [1.29, 1.82) is 0 Å². The molecule has 0 spiro atoms. The van der Waals surface area contributed by atoms with Gasteiger partial charge in [-0.05, 0) is 19.4 Å². The monoisotopic (exact) mass is 283 g/mol. The highest BCUT2D eigenvalue weighted by Crippen LogP contribution is 2.34. The van der Waals surface area contributed by atoms with Crippen molar-refractivity contribution in [1.82, 2.24) is 15.5 Å². The summed E-state index contributed by atoms with van der Waals surface area (Å²) in [7, 11) is 1.66. The Kier molecular flexibility index (Phi) is 5.94. The van der Waals surface area contributed by atoms with Crippen molar-refractivity contribution >= 4 is 0 Å². The highest BCUT2D eigenvalue weighted by molar-refractivity contribution is 5.10. The van der Waals surface area contributed by atoms with Crippen molar-refractivity contribution in [3.8, 4) is 0 Å². The first kappa shape index (κ1) is 15.4. The fourth-order valence-electron chi connectivity index (χ4n) is 2.70. The van der Waals surface area contributed by atoms with E-state index >= 15 is 0 Å². The summed E-state index contributed by atoms with van der Waals surface area (Å²) < 4.78 is 15.9. The summed E-state index contributed by atoms with van der Waals surface area (Å²) in [6.07, 6.45) is 3.97. The number of hydrogen-bond donors (Lipinski definition) is 1. The first-order valence-corrected chi connectivity index (χ1v) is 7.41. The second-order valence-corrected chi connectivity index (χ2v) is 5.33. The molecule has 0 saturated carbocycles. The van der Waals surface area contributed by atoms with E-state index in [-0.39, 0.29) is 5.41 Å². The number of ether oxygens (including phenoxy) is 2. The van der Waals surface area contributed by atoms with Gasteiger partial charge in [0.15, 0.2) is 5.82 Å². The molecule has 1 saturated heterocycles. The Morgan fingerprint density at radius 2 is 2.25 bits per heavy atom. The van der Waals surface area contributed by atoms with Crippen molar-refractivity contribution in [2.24, 2.45) is 0 Å². The SMILES string of the molecule is CCCC1(c2nc(CCOCCOC)no2)CCNC1. The van der Waals surface area contributed by atoms with E-state index < -0.39 is 0 Å². The summed E-state index contributed by atoms with van der Waals surface area (Å²) in [6.45, 7) is 5.97. The molecule has 0 aromatic carbocycles. The van der Waals surface area contributed by atoms with Crippen LogP contribution < -0.4 is 5.32 Å². The molecule has 1 N–H and O–H groups in total. The minimum atomic E-state index is 0.0386. The van der Waals surface area contributed by atoms with E-state index in [1.54, 1.807) is 7.11 Å². The van der Waals surface area contributed by atoms with Gasteiger partial charge in [0.05, 0.1) is 25.2 Å². The third-order valence-electron chi connectivity index (χ3n) is 3.80. The average Bonchev–Trinajstić information content (AvgIpc) is 3.09. The quantitative estimate of drug-likeness (QED) is 0.689. The zero-order valence-electron chi connectivity index (χ0n) is 12.5. The summed E-state index contributed by atoms with van der Waals surface area (Å²) >= 11 is 0. The van der Waals surface area contributed by atoms with Crippen molar-refractivity contribution < 1.29 is 14.0 Å². The van der Waals surface area contributed by atoms with Crippen LogP contribution in [0.3, 0.4) is 0 Å². The molecular formula is C14H25N3O3. The molecule has 6 heteroatoms. The summed E-state index contributed by atoms with van der Waals surface area (Å²) in [5.74, 6) is 1.52. The first-order valence-electron chi connectivity index (χ1n) is 7.41. The number of hydrogen-bond acceptors (Lipinski definition) is 6. The van der Waals surface area contributed by atoms with E-state index in [9.17, 15) is 0 Å². The van der Waals surface area contributed by atoms with Gasteiger partial charge in [-0.25, -0.2) is 0 Å². The van der Waals surface area contributed by atoms with E-state index in [1.807, 2.05) is 0 Å². The minimum absolute atomic E-state index is 0.0386. The third-order valence-corrected chi connectivity index (χ3v) is 3.80. The summed E-state index contributed by atoms with van der Waals surface area (Å²) in [5.41, 5.74) is 0.0386. The fraction of sp³-hybridized carbons (Fsp3) is 0.857. The van der Waals surface area contributed by atoms with Crippen molar-refractivity contribution in [3.05, 3.63) is 11.7 Å². The topological polar surface area (TPSA) is 69.4 Å². The average molecular weight is 283 g/mol. The van der Waals surface area contributed by atoms with Gasteiger partial charge in [0.25, 0.3) is 0 Å². The van der Waals surface area contributed by atoms with Crippen LogP contribution in [-0.2, 0) is 21.3 Å². The van der Waals surface area contributed by atoms with Gasteiger partial charge in [-0.2, -0.15) is 4.98 Å². The van der Waals surface area contributed by atoms with Crippen LogP contribution in [0, 0.1) is 0 Å². The van der Waals surface area contributed by atoms with Crippen LogP contribution in [0.1, 0.15) is 37.9 Å². The Hall–Kier alpha value is -0.980. The van der Waals surface area contributed by atoms with Crippen LogP contribution >= 0.6 is 0 Å². The van der Waals surface area contributed by atoms with Gasteiger partial charge in [0, 0.05) is 20.1 Å². The number of aromatic nitrogens is 2. The molecule has 114 valence electrons. The summed E-state index contributed by atoms with van der Waals surface area (Å²) in [5, 5.41) is 7.49. The van der Waals surface area contributed by atoms with Gasteiger partial charge >= 0.3 is 0 Å². The summed E-state index contributed by atoms with van der Waals surface area (Å²) in [4.78, 5) is 4.57.